The second-order valence-corrected chi connectivity index (χ2v) is 9.29. The highest BCUT2D eigenvalue weighted by molar-refractivity contribution is 8.18. The summed E-state index contributed by atoms with van der Waals surface area (Å²) in [5.74, 6) is 1.09. The molecule has 1 N–H and O–H groups in total. The molecule has 1 aliphatic heterocycles. The molecular weight excluding hydrogens is 468 g/mol. The second kappa shape index (κ2) is 10.8. The lowest BCUT2D eigenvalue weighted by atomic mass is 10.1. The first-order valence-electron chi connectivity index (χ1n) is 10.9. The molecule has 1 fully saturated rings. The summed E-state index contributed by atoms with van der Waals surface area (Å²) in [7, 11) is 0. The first-order valence-corrected chi connectivity index (χ1v) is 12.1. The maximum atomic E-state index is 12.5. The van der Waals surface area contributed by atoms with E-state index in [2.05, 4.69) is 16.4 Å². The van der Waals surface area contributed by atoms with Crippen LogP contribution in [0.2, 0.25) is 5.02 Å². The summed E-state index contributed by atoms with van der Waals surface area (Å²) in [6.07, 6.45) is 1.83. The number of benzene rings is 3. The van der Waals surface area contributed by atoms with Gasteiger partial charge >= 0.3 is 0 Å². The molecule has 1 heterocycles. The van der Waals surface area contributed by atoms with Gasteiger partial charge in [-0.1, -0.05) is 47.5 Å². The number of aryl methyl sites for hydroxylation is 2. The number of halogens is 1. The maximum Gasteiger partial charge on any atom is 0.264 e. The monoisotopic (exact) mass is 492 g/mol. The fourth-order valence-corrected chi connectivity index (χ4v) is 4.38. The fourth-order valence-electron chi connectivity index (χ4n) is 3.42. The Hall–Kier alpha value is -3.22. The molecule has 3 aromatic rings. The number of amidine groups is 1. The first-order chi connectivity index (χ1) is 16.4. The largest absolute Gasteiger partial charge is 0.490 e. The molecule has 4 rings (SSSR count). The standard InChI is InChI=1S/C27H25ClN2O3S/c1-4-32-24-14-20(8-12-23(24)33-16-19-6-9-21(28)10-7-19)15-25-26(31)30-27(34-25)29-22-11-5-17(2)13-18(22)3/h5-15H,4,16H2,1-3H3,(H,29,30,31)/b25-15-. The topological polar surface area (TPSA) is 59.9 Å². The van der Waals surface area contributed by atoms with E-state index in [-0.39, 0.29) is 5.91 Å². The molecular formula is C27H25ClN2O3S. The van der Waals surface area contributed by atoms with Crippen LogP contribution in [0.1, 0.15) is 29.2 Å². The van der Waals surface area contributed by atoms with Crippen molar-refractivity contribution in [1.82, 2.24) is 5.32 Å². The van der Waals surface area contributed by atoms with E-state index in [1.165, 1.54) is 17.3 Å². The molecule has 0 saturated carbocycles. The predicted octanol–water partition coefficient (Wildman–Crippen LogP) is 6.83. The number of rotatable bonds is 7. The molecule has 0 aliphatic carbocycles. The van der Waals surface area contributed by atoms with Gasteiger partial charge in [-0.05, 0) is 85.6 Å². The number of nitrogens with zero attached hydrogens (tertiary/aromatic N) is 1. The van der Waals surface area contributed by atoms with Crippen molar-refractivity contribution >= 4 is 46.2 Å². The quantitative estimate of drug-likeness (QED) is 0.367. The number of hydrogen-bond donors (Lipinski definition) is 1. The average molecular weight is 493 g/mol. The molecule has 0 radical (unpaired) electrons. The van der Waals surface area contributed by atoms with Crippen LogP contribution in [0.15, 0.2) is 70.6 Å². The third-order valence-corrected chi connectivity index (χ3v) is 6.26. The lowest BCUT2D eigenvalue weighted by Crippen LogP contribution is -2.19. The Balaban J connectivity index is 1.51. The molecule has 0 bridgehead atoms. The molecule has 1 aliphatic rings. The van der Waals surface area contributed by atoms with E-state index in [1.807, 2.05) is 81.4 Å². The van der Waals surface area contributed by atoms with Crippen LogP contribution in [0.4, 0.5) is 5.69 Å². The van der Waals surface area contributed by atoms with Gasteiger partial charge in [-0.3, -0.25) is 4.79 Å². The number of amides is 1. The Kier molecular flexibility index (Phi) is 7.60. The van der Waals surface area contributed by atoms with E-state index < -0.39 is 0 Å². The van der Waals surface area contributed by atoms with Crippen LogP contribution in [0, 0.1) is 13.8 Å². The van der Waals surface area contributed by atoms with Crippen molar-refractivity contribution in [3.05, 3.63) is 92.8 Å². The summed E-state index contributed by atoms with van der Waals surface area (Å²) >= 11 is 7.27. The molecule has 5 nitrogen and oxygen atoms in total. The third kappa shape index (κ3) is 6.01. The number of nitrogens with one attached hydrogen (secondary N) is 1. The van der Waals surface area contributed by atoms with Crippen LogP contribution < -0.4 is 14.8 Å². The smallest absolute Gasteiger partial charge is 0.264 e. The number of ether oxygens (including phenoxy) is 2. The minimum atomic E-state index is -0.172. The molecule has 3 aromatic carbocycles. The first kappa shape index (κ1) is 23.9. The second-order valence-electron chi connectivity index (χ2n) is 7.83. The molecule has 0 atom stereocenters. The van der Waals surface area contributed by atoms with Crippen molar-refractivity contribution in [3.8, 4) is 11.5 Å². The Morgan fingerprint density at radius 3 is 2.53 bits per heavy atom. The van der Waals surface area contributed by atoms with Gasteiger partial charge in [0.05, 0.1) is 17.2 Å². The van der Waals surface area contributed by atoms with E-state index in [0.717, 1.165) is 22.4 Å². The number of carbonyl (C=O) groups is 1. The Bertz CT molecular complexity index is 1270. The van der Waals surface area contributed by atoms with E-state index in [0.29, 0.717) is 39.8 Å². The highest BCUT2D eigenvalue weighted by Crippen LogP contribution is 2.33. The predicted molar refractivity (Wildman–Crippen MR) is 140 cm³/mol. The van der Waals surface area contributed by atoms with Gasteiger partial charge in [-0.25, -0.2) is 4.99 Å². The molecule has 0 aromatic heterocycles. The van der Waals surface area contributed by atoms with Gasteiger partial charge in [0.15, 0.2) is 16.7 Å². The highest BCUT2D eigenvalue weighted by Gasteiger charge is 2.24. The molecule has 0 unspecified atom stereocenters. The van der Waals surface area contributed by atoms with Crippen LogP contribution in [-0.2, 0) is 11.4 Å². The maximum absolute atomic E-state index is 12.5. The minimum Gasteiger partial charge on any atom is -0.490 e. The van der Waals surface area contributed by atoms with Gasteiger partial charge < -0.3 is 14.8 Å². The third-order valence-electron chi connectivity index (χ3n) is 5.10. The molecule has 34 heavy (non-hydrogen) atoms. The van der Waals surface area contributed by atoms with Gasteiger partial charge in [0.1, 0.15) is 6.61 Å². The zero-order valence-electron chi connectivity index (χ0n) is 19.2. The zero-order chi connectivity index (χ0) is 24.1. The summed E-state index contributed by atoms with van der Waals surface area (Å²) < 4.78 is 11.8. The van der Waals surface area contributed by atoms with Gasteiger partial charge in [-0.2, -0.15) is 0 Å². The van der Waals surface area contributed by atoms with Crippen molar-refractivity contribution in [3.63, 3.8) is 0 Å². The highest BCUT2D eigenvalue weighted by atomic mass is 35.5. The fraction of sp³-hybridized carbons (Fsp3) is 0.185. The van der Waals surface area contributed by atoms with Crippen molar-refractivity contribution < 1.29 is 14.3 Å². The average Bonchev–Trinajstić information content (AvgIpc) is 3.15. The zero-order valence-corrected chi connectivity index (χ0v) is 20.8. The molecule has 1 amide bonds. The summed E-state index contributed by atoms with van der Waals surface area (Å²) in [4.78, 5) is 17.7. The van der Waals surface area contributed by atoms with Crippen LogP contribution in [0.25, 0.3) is 6.08 Å². The van der Waals surface area contributed by atoms with Crippen molar-refractivity contribution in [1.29, 1.82) is 0 Å². The van der Waals surface area contributed by atoms with Crippen LogP contribution in [0.5, 0.6) is 11.5 Å². The molecule has 1 saturated heterocycles. The SMILES string of the molecule is CCOc1cc(/C=C2\SC(=Nc3ccc(C)cc3C)NC2=O)ccc1OCc1ccc(Cl)cc1. The van der Waals surface area contributed by atoms with Crippen LogP contribution in [0.3, 0.4) is 0 Å². The van der Waals surface area contributed by atoms with E-state index in [4.69, 9.17) is 21.1 Å². The Morgan fingerprint density at radius 1 is 1.00 bits per heavy atom. The minimum absolute atomic E-state index is 0.172. The van der Waals surface area contributed by atoms with Crippen molar-refractivity contribution in [2.75, 3.05) is 6.61 Å². The van der Waals surface area contributed by atoms with Crippen molar-refractivity contribution in [2.45, 2.75) is 27.4 Å². The number of hydrogen-bond acceptors (Lipinski definition) is 5. The van der Waals surface area contributed by atoms with Gasteiger partial charge in [-0.15, -0.1) is 0 Å². The summed E-state index contributed by atoms with van der Waals surface area (Å²) in [6.45, 7) is 6.87. The van der Waals surface area contributed by atoms with Gasteiger partial charge in [0.2, 0.25) is 0 Å². The van der Waals surface area contributed by atoms with Crippen LogP contribution >= 0.6 is 23.4 Å². The number of thioether (sulfide) groups is 1. The molecule has 174 valence electrons. The van der Waals surface area contributed by atoms with Gasteiger partial charge in [0, 0.05) is 5.02 Å². The van der Waals surface area contributed by atoms with Crippen molar-refractivity contribution in [2.24, 2.45) is 4.99 Å². The Morgan fingerprint density at radius 2 is 1.79 bits per heavy atom. The number of carbonyl (C=O) groups excluding carboxylic acids is 1. The number of aliphatic imine (C=N–C) groups is 1. The van der Waals surface area contributed by atoms with Gasteiger partial charge in [0.25, 0.3) is 5.91 Å². The summed E-state index contributed by atoms with van der Waals surface area (Å²) in [5.41, 5.74) is 4.93. The summed E-state index contributed by atoms with van der Waals surface area (Å²) in [6, 6.07) is 19.2. The van der Waals surface area contributed by atoms with E-state index in [9.17, 15) is 4.79 Å². The Labute approximate surface area is 208 Å². The van der Waals surface area contributed by atoms with Crippen LogP contribution in [-0.4, -0.2) is 17.7 Å². The normalized spacial score (nSPS) is 15.6. The molecule has 7 heteroatoms. The summed E-state index contributed by atoms with van der Waals surface area (Å²) in [5, 5.41) is 4.10. The molecule has 0 spiro atoms. The lowest BCUT2D eigenvalue weighted by molar-refractivity contribution is -0.115. The van der Waals surface area contributed by atoms with E-state index in [1.54, 1.807) is 0 Å². The lowest BCUT2D eigenvalue weighted by Gasteiger charge is -2.13. The van der Waals surface area contributed by atoms with E-state index >= 15 is 0 Å².